The number of carbonyl (C=O) groups excluding carboxylic acids is 10. The molecule has 0 bridgehead atoms. The lowest BCUT2D eigenvalue weighted by atomic mass is 9.82. The zero-order valence-corrected chi connectivity index (χ0v) is 62.0. The van der Waals surface area contributed by atoms with Crippen LogP contribution in [0.25, 0.3) is 11.1 Å². The largest absolute Gasteiger partial charge is 0.387 e. The van der Waals surface area contributed by atoms with Crippen molar-refractivity contribution in [3.63, 3.8) is 0 Å². The average molecular weight is 1520 g/mol. The Hall–Kier alpha value is -8.30. The van der Waals surface area contributed by atoms with Gasteiger partial charge in [-0.25, -0.2) is 8.78 Å². The van der Waals surface area contributed by atoms with Crippen molar-refractivity contribution in [2.24, 2.45) is 11.1 Å². The monoisotopic (exact) mass is 1520 g/mol. The molecule has 0 saturated heterocycles. The summed E-state index contributed by atoms with van der Waals surface area (Å²) < 4.78 is 97.0. The summed E-state index contributed by atoms with van der Waals surface area (Å²) in [5.74, 6) is -9.90. The second kappa shape index (κ2) is 52.7. The van der Waals surface area contributed by atoms with Crippen LogP contribution in [0, 0.1) is 17.0 Å². The molecule has 598 valence electrons. The van der Waals surface area contributed by atoms with E-state index in [-0.39, 0.29) is 63.6 Å². The summed E-state index contributed by atoms with van der Waals surface area (Å²) in [7, 11) is 1.62. The summed E-state index contributed by atoms with van der Waals surface area (Å²) in [4.78, 5) is 134. The van der Waals surface area contributed by atoms with E-state index in [1.807, 2.05) is 30.3 Å². The van der Waals surface area contributed by atoms with Crippen molar-refractivity contribution in [3.8, 4) is 11.1 Å². The molecule has 1 aliphatic rings. The number of aromatic nitrogens is 1. The first kappa shape index (κ1) is 91.1. The first-order valence-corrected chi connectivity index (χ1v) is 35.4. The minimum atomic E-state index is -1.79. The number of ether oxygens (including phenoxy) is 12. The molecule has 33 nitrogen and oxygen atoms in total. The fourth-order valence-corrected chi connectivity index (χ4v) is 10.3. The number of nitrogens with zero attached hydrogens (tertiary/aromatic N) is 3. The molecule has 0 fully saturated rings. The summed E-state index contributed by atoms with van der Waals surface area (Å²) in [5, 5.41) is 25.4. The van der Waals surface area contributed by atoms with E-state index < -0.39 is 139 Å². The third-order valence-corrected chi connectivity index (χ3v) is 15.7. The van der Waals surface area contributed by atoms with Gasteiger partial charge in [-0.3, -0.25) is 52.8 Å². The molecule has 0 unspecified atom stereocenters. The molecule has 4 rings (SSSR count). The number of methoxy groups -OCH3 is 1. The van der Waals surface area contributed by atoms with Crippen molar-refractivity contribution in [2.45, 2.75) is 90.6 Å². The Bertz CT molecular complexity index is 3200. The van der Waals surface area contributed by atoms with E-state index in [1.54, 1.807) is 44.7 Å². The Morgan fingerprint density at radius 1 is 0.551 bits per heavy atom. The molecule has 0 spiro atoms. The van der Waals surface area contributed by atoms with Gasteiger partial charge in [0.1, 0.15) is 49.0 Å². The summed E-state index contributed by atoms with van der Waals surface area (Å²) in [6.07, 6.45) is 2.22. The molecule has 1 aliphatic heterocycles. The molecule has 1 aromatic heterocycles. The summed E-state index contributed by atoms with van der Waals surface area (Å²) in [6.45, 7) is 14.6. The molecule has 5 atom stereocenters. The zero-order valence-electron chi connectivity index (χ0n) is 62.0. The van der Waals surface area contributed by atoms with Gasteiger partial charge in [0.05, 0.1) is 164 Å². The predicted octanol–water partition coefficient (Wildman–Crippen LogP) is 0.0107. The van der Waals surface area contributed by atoms with Crippen molar-refractivity contribution in [1.29, 1.82) is 0 Å². The Morgan fingerprint density at radius 2 is 1.01 bits per heavy atom. The van der Waals surface area contributed by atoms with Crippen LogP contribution < -0.4 is 37.6 Å². The number of nitrogens with one attached hydrogen (secondary N) is 6. The summed E-state index contributed by atoms with van der Waals surface area (Å²) in [5.41, 5.74) is 6.01. The highest BCUT2D eigenvalue weighted by atomic mass is 19.1. The van der Waals surface area contributed by atoms with Gasteiger partial charge in [0.2, 0.25) is 47.3 Å². The van der Waals surface area contributed by atoms with Gasteiger partial charge in [0.25, 0.3) is 11.8 Å². The van der Waals surface area contributed by atoms with Crippen molar-refractivity contribution in [3.05, 3.63) is 95.8 Å². The van der Waals surface area contributed by atoms with E-state index in [2.05, 4.69) is 31.9 Å². The number of benzene rings is 2. The zero-order chi connectivity index (χ0) is 78.2. The van der Waals surface area contributed by atoms with Gasteiger partial charge in [0.15, 0.2) is 0 Å². The maximum Gasteiger partial charge on any atom is 0.254 e. The lowest BCUT2D eigenvalue weighted by Crippen LogP contribution is -2.58. The minimum absolute atomic E-state index is 0.0121. The van der Waals surface area contributed by atoms with Gasteiger partial charge in [-0.1, -0.05) is 51.1 Å². The number of aliphatic hydroxyl groups excluding tert-OH is 1. The van der Waals surface area contributed by atoms with Crippen LogP contribution in [0.1, 0.15) is 71.2 Å². The normalized spacial score (nSPS) is 13.6. The smallest absolute Gasteiger partial charge is 0.254 e. The number of halogens is 2. The van der Waals surface area contributed by atoms with Gasteiger partial charge >= 0.3 is 0 Å². The average Bonchev–Trinajstić information content (AvgIpc) is 1.64. The van der Waals surface area contributed by atoms with Crippen LogP contribution in [-0.2, 0) is 111 Å². The van der Waals surface area contributed by atoms with E-state index in [0.29, 0.717) is 136 Å². The van der Waals surface area contributed by atoms with Gasteiger partial charge in [-0.2, -0.15) is 0 Å². The molecule has 35 heteroatoms. The van der Waals surface area contributed by atoms with Gasteiger partial charge in [-0.15, -0.1) is 0 Å². The number of carbonyl (C=O) groups is 10. The quantitative estimate of drug-likeness (QED) is 0.0273. The fourth-order valence-electron chi connectivity index (χ4n) is 10.3. The number of amides is 10. The Morgan fingerprint density at radius 3 is 1.49 bits per heavy atom. The van der Waals surface area contributed by atoms with Crippen molar-refractivity contribution in [1.82, 2.24) is 46.3 Å². The van der Waals surface area contributed by atoms with Crippen LogP contribution in [0.4, 0.5) is 8.78 Å². The second-order valence-electron chi connectivity index (χ2n) is 25.2. The standard InChI is InChI=1S/C72H108F2N10O23/c1-51(78-62(87)17-21-97-24-25-99-28-29-101-32-33-103-36-37-105-40-41-107-43-42-106-39-38-104-35-34-102-31-30-100-27-26-98-23-22-96-6)68(92)79-52(2)69(93)81-59(46-61(75)86)71(95)80-58(70(94)77-19-18-76-63(88)49-84-64(89)14-15-65(84)90)16-20-83(66(91)50-85)67(72(3,4)5)60-44-54(56-45-55(73)12-13-57(56)74)48-82(60)47-53-10-8-7-9-11-53/h7-15,44-45,48,51-52,58-59,67,85H,16-43,46-47,49-50H2,1-6H3,(H2,75,86)(H,76,88)(H,77,94)(H,78,87)(H,79,92)(H,80,95)(H,81,93)/t51-,52-,58+,59+,67+/m1/s1. The van der Waals surface area contributed by atoms with Crippen LogP contribution in [0.15, 0.2) is 72.9 Å². The lowest BCUT2D eigenvalue weighted by molar-refractivity contribution is -0.141. The number of primary amides is 1. The van der Waals surface area contributed by atoms with Crippen LogP contribution in [0.5, 0.6) is 0 Å². The van der Waals surface area contributed by atoms with E-state index in [4.69, 9.17) is 62.6 Å². The molecule has 2 aromatic carbocycles. The highest BCUT2D eigenvalue weighted by Crippen LogP contribution is 2.41. The van der Waals surface area contributed by atoms with Crippen LogP contribution in [-0.4, -0.2) is 295 Å². The van der Waals surface area contributed by atoms with Crippen molar-refractivity contribution >= 4 is 59.1 Å². The third-order valence-electron chi connectivity index (χ3n) is 15.7. The highest BCUT2D eigenvalue weighted by molar-refractivity contribution is 6.14. The number of imide groups is 1. The van der Waals surface area contributed by atoms with E-state index in [1.165, 1.54) is 18.7 Å². The molecular weight excluding hydrogens is 1410 g/mol. The Kier molecular flexibility index (Phi) is 44.8. The first-order chi connectivity index (χ1) is 51.4. The molecule has 0 radical (unpaired) electrons. The van der Waals surface area contributed by atoms with Crippen LogP contribution >= 0.6 is 0 Å². The third kappa shape index (κ3) is 37.4. The molecule has 10 amide bonds. The first-order valence-electron chi connectivity index (χ1n) is 35.4. The van der Waals surface area contributed by atoms with Gasteiger partial charge in [-0.05, 0) is 55.5 Å². The van der Waals surface area contributed by atoms with E-state index in [9.17, 15) is 57.4 Å². The van der Waals surface area contributed by atoms with Gasteiger partial charge in [0, 0.05) is 74.9 Å². The lowest BCUT2D eigenvalue weighted by Gasteiger charge is -2.41. The topological polar surface area (TPSA) is 411 Å². The molecule has 2 heterocycles. The summed E-state index contributed by atoms with van der Waals surface area (Å²) >= 11 is 0. The maximum absolute atomic E-state index is 15.5. The molecule has 107 heavy (non-hydrogen) atoms. The van der Waals surface area contributed by atoms with E-state index >= 15 is 4.39 Å². The van der Waals surface area contributed by atoms with Crippen LogP contribution in [0.2, 0.25) is 0 Å². The Labute approximate surface area is 622 Å². The molecular formula is C72H108F2N10O23. The minimum Gasteiger partial charge on any atom is -0.387 e. The molecule has 9 N–H and O–H groups in total. The second-order valence-corrected chi connectivity index (χ2v) is 25.2. The Balaban J connectivity index is 1.19. The van der Waals surface area contributed by atoms with Gasteiger partial charge < -0.3 is 109 Å². The van der Waals surface area contributed by atoms with Crippen molar-refractivity contribution in [2.75, 3.05) is 192 Å². The highest BCUT2D eigenvalue weighted by Gasteiger charge is 2.39. The number of nitrogens with two attached hydrogens (primary N) is 1. The number of rotatable bonds is 60. The molecule has 0 aliphatic carbocycles. The van der Waals surface area contributed by atoms with E-state index in [0.717, 1.165) is 35.9 Å². The maximum atomic E-state index is 15.5. The van der Waals surface area contributed by atoms with Crippen molar-refractivity contribution < 1.29 is 119 Å². The number of aliphatic hydroxyl groups is 1. The predicted molar refractivity (Wildman–Crippen MR) is 381 cm³/mol. The van der Waals surface area contributed by atoms with Crippen LogP contribution in [0.3, 0.4) is 0 Å². The number of hydrogen-bond donors (Lipinski definition) is 8. The summed E-state index contributed by atoms with van der Waals surface area (Å²) in [6, 6.07) is 6.71. The molecule has 0 saturated carbocycles. The number of hydrogen-bond acceptors (Lipinski definition) is 23. The fraction of sp³-hybridized carbons (Fsp3) is 0.611. The SMILES string of the molecule is COCCOCCOCCOCCOCCOCCOCCOCCOCCOCCOCCOCCC(=O)N[C@H](C)C(=O)N[C@H](C)C(=O)N[C@@H](CC(N)=O)C(=O)N[C@@H](CCN(C(=O)CO)[C@@H](c1cc(-c2cc(F)ccc2F)cn1Cc1ccccc1)C(C)(C)C)C(=O)NCCNC(=O)CN1C(=O)C=CC1=O. The molecule has 3 aromatic rings.